The summed E-state index contributed by atoms with van der Waals surface area (Å²) >= 11 is 0. The molecule has 1 aliphatic carbocycles. The summed E-state index contributed by atoms with van der Waals surface area (Å²) in [5.74, 6) is -0.0227. The number of methoxy groups -OCH3 is 1. The van der Waals surface area contributed by atoms with Gasteiger partial charge in [0.1, 0.15) is 6.61 Å². The van der Waals surface area contributed by atoms with Crippen molar-refractivity contribution in [2.75, 3.05) is 13.7 Å². The van der Waals surface area contributed by atoms with Gasteiger partial charge in [-0.15, -0.1) is 0 Å². The molecule has 0 spiro atoms. The number of rotatable bonds is 5. The lowest BCUT2D eigenvalue weighted by Gasteiger charge is -2.13. The van der Waals surface area contributed by atoms with Crippen molar-refractivity contribution < 1.29 is 14.3 Å². The number of hydrogen-bond acceptors (Lipinski definition) is 3. The van der Waals surface area contributed by atoms with E-state index in [0.717, 1.165) is 19.3 Å². The fourth-order valence-electron chi connectivity index (χ4n) is 1.80. The van der Waals surface area contributed by atoms with Crippen LogP contribution in [0, 0.1) is 0 Å². The molecule has 2 atom stereocenters. The average Bonchev–Trinajstić information content (AvgIpc) is 2.62. The molecule has 1 saturated carbocycles. The van der Waals surface area contributed by atoms with E-state index in [1.165, 1.54) is 0 Å². The van der Waals surface area contributed by atoms with Crippen molar-refractivity contribution in [1.82, 2.24) is 5.32 Å². The number of carbonyl (C=O) groups excluding carboxylic acids is 1. The van der Waals surface area contributed by atoms with Crippen LogP contribution in [0.4, 0.5) is 0 Å². The van der Waals surface area contributed by atoms with Crippen LogP contribution < -0.4 is 5.32 Å². The highest BCUT2D eigenvalue weighted by Gasteiger charge is 2.25. The zero-order valence-corrected chi connectivity index (χ0v) is 9.79. The monoisotopic (exact) mass is 215 g/mol. The summed E-state index contributed by atoms with van der Waals surface area (Å²) in [6, 6.07) is 0.262. The molecule has 15 heavy (non-hydrogen) atoms. The first-order valence-electron chi connectivity index (χ1n) is 5.55. The van der Waals surface area contributed by atoms with Crippen LogP contribution in [0.3, 0.4) is 0 Å². The molecule has 0 aliphatic heterocycles. The fourth-order valence-corrected chi connectivity index (χ4v) is 1.80. The molecule has 1 rings (SSSR count). The molecule has 4 nitrogen and oxygen atoms in total. The Morgan fingerprint density at radius 2 is 2.20 bits per heavy atom. The summed E-state index contributed by atoms with van der Waals surface area (Å²) in [6.07, 6.45) is 3.37. The van der Waals surface area contributed by atoms with Gasteiger partial charge in [0, 0.05) is 13.2 Å². The van der Waals surface area contributed by atoms with E-state index < -0.39 is 0 Å². The van der Waals surface area contributed by atoms with E-state index in [9.17, 15) is 4.79 Å². The molecule has 1 fully saturated rings. The highest BCUT2D eigenvalue weighted by molar-refractivity contribution is 5.77. The summed E-state index contributed by atoms with van der Waals surface area (Å²) in [7, 11) is 1.72. The van der Waals surface area contributed by atoms with Gasteiger partial charge in [-0.05, 0) is 33.1 Å². The molecule has 4 heteroatoms. The molecule has 1 N–H and O–H groups in total. The molecule has 0 aromatic heterocycles. The van der Waals surface area contributed by atoms with E-state index in [2.05, 4.69) is 5.32 Å². The van der Waals surface area contributed by atoms with Crippen LogP contribution in [0.2, 0.25) is 0 Å². The average molecular weight is 215 g/mol. The molecule has 0 aromatic rings. The lowest BCUT2D eigenvalue weighted by molar-refractivity contribution is -0.127. The Bertz CT molecular complexity index is 206. The van der Waals surface area contributed by atoms with Gasteiger partial charge in [0.2, 0.25) is 5.91 Å². The predicted molar refractivity (Wildman–Crippen MR) is 57.7 cm³/mol. The van der Waals surface area contributed by atoms with Gasteiger partial charge in [-0.1, -0.05) is 0 Å². The molecule has 1 amide bonds. The highest BCUT2D eigenvalue weighted by Crippen LogP contribution is 2.21. The summed E-state index contributed by atoms with van der Waals surface area (Å²) in [4.78, 5) is 11.4. The fraction of sp³-hybridized carbons (Fsp3) is 0.909. The Balaban J connectivity index is 2.16. The summed E-state index contributed by atoms with van der Waals surface area (Å²) in [5, 5.41) is 2.95. The third kappa shape index (κ3) is 4.62. The van der Waals surface area contributed by atoms with Crippen molar-refractivity contribution in [1.29, 1.82) is 0 Å². The van der Waals surface area contributed by atoms with Crippen molar-refractivity contribution >= 4 is 5.91 Å². The Hall–Kier alpha value is -0.610. The van der Waals surface area contributed by atoms with Gasteiger partial charge >= 0.3 is 0 Å². The van der Waals surface area contributed by atoms with Crippen molar-refractivity contribution in [2.24, 2.45) is 0 Å². The highest BCUT2D eigenvalue weighted by atomic mass is 16.5. The largest absolute Gasteiger partial charge is 0.381 e. The molecule has 0 heterocycles. The van der Waals surface area contributed by atoms with Crippen LogP contribution in [-0.2, 0) is 14.3 Å². The van der Waals surface area contributed by atoms with Crippen LogP contribution in [0.25, 0.3) is 0 Å². The van der Waals surface area contributed by atoms with E-state index in [1.807, 2.05) is 13.8 Å². The van der Waals surface area contributed by atoms with Gasteiger partial charge in [-0.3, -0.25) is 4.79 Å². The molecule has 0 radical (unpaired) electrons. The number of ether oxygens (including phenoxy) is 2. The molecule has 0 bridgehead atoms. The predicted octanol–water partition coefficient (Wildman–Crippen LogP) is 1.10. The summed E-state index contributed by atoms with van der Waals surface area (Å²) in [6.45, 7) is 4.00. The molecular weight excluding hydrogens is 194 g/mol. The quantitative estimate of drug-likeness (QED) is 0.747. The van der Waals surface area contributed by atoms with Gasteiger partial charge in [0.15, 0.2) is 0 Å². The minimum Gasteiger partial charge on any atom is -0.381 e. The molecule has 88 valence electrons. The standard InChI is InChI=1S/C11H21NO3/c1-8(2)15-7-11(13)12-9-4-5-10(6-9)14-3/h8-10H,4-7H2,1-3H3,(H,12,13). The van der Waals surface area contributed by atoms with Crippen LogP contribution in [-0.4, -0.2) is 37.9 Å². The van der Waals surface area contributed by atoms with E-state index in [0.29, 0.717) is 6.10 Å². The smallest absolute Gasteiger partial charge is 0.246 e. The van der Waals surface area contributed by atoms with Crippen molar-refractivity contribution in [3.05, 3.63) is 0 Å². The second-order valence-electron chi connectivity index (χ2n) is 4.29. The van der Waals surface area contributed by atoms with Crippen LogP contribution in [0.1, 0.15) is 33.1 Å². The van der Waals surface area contributed by atoms with E-state index in [4.69, 9.17) is 9.47 Å². The minimum atomic E-state index is -0.0227. The van der Waals surface area contributed by atoms with Crippen molar-refractivity contribution in [3.63, 3.8) is 0 Å². The van der Waals surface area contributed by atoms with Gasteiger partial charge in [0.25, 0.3) is 0 Å². The van der Waals surface area contributed by atoms with Crippen molar-refractivity contribution in [2.45, 2.75) is 51.4 Å². The first-order chi connectivity index (χ1) is 7.11. The molecule has 1 aliphatic rings. The van der Waals surface area contributed by atoms with Gasteiger partial charge in [-0.2, -0.15) is 0 Å². The van der Waals surface area contributed by atoms with Gasteiger partial charge < -0.3 is 14.8 Å². The van der Waals surface area contributed by atoms with E-state index in [-0.39, 0.29) is 24.7 Å². The number of hydrogen-bond donors (Lipinski definition) is 1. The first kappa shape index (κ1) is 12.5. The Morgan fingerprint density at radius 3 is 2.73 bits per heavy atom. The molecule has 0 saturated heterocycles. The van der Waals surface area contributed by atoms with E-state index in [1.54, 1.807) is 7.11 Å². The maximum atomic E-state index is 11.4. The zero-order chi connectivity index (χ0) is 11.3. The Kier molecular flexibility index (Phi) is 5.05. The molecule has 2 unspecified atom stereocenters. The van der Waals surface area contributed by atoms with Crippen LogP contribution >= 0.6 is 0 Å². The number of amides is 1. The Labute approximate surface area is 91.3 Å². The van der Waals surface area contributed by atoms with Gasteiger partial charge in [0.05, 0.1) is 12.2 Å². The van der Waals surface area contributed by atoms with Crippen LogP contribution in [0.5, 0.6) is 0 Å². The second-order valence-corrected chi connectivity index (χ2v) is 4.29. The number of nitrogens with one attached hydrogen (secondary N) is 1. The normalized spacial score (nSPS) is 25.9. The number of carbonyl (C=O) groups is 1. The zero-order valence-electron chi connectivity index (χ0n) is 9.79. The van der Waals surface area contributed by atoms with Crippen molar-refractivity contribution in [3.8, 4) is 0 Å². The molecule has 0 aromatic carbocycles. The van der Waals surface area contributed by atoms with E-state index >= 15 is 0 Å². The second kappa shape index (κ2) is 6.08. The SMILES string of the molecule is COC1CCC(NC(=O)COC(C)C)C1. The van der Waals surface area contributed by atoms with Gasteiger partial charge in [-0.25, -0.2) is 0 Å². The third-order valence-electron chi connectivity index (χ3n) is 2.63. The first-order valence-corrected chi connectivity index (χ1v) is 5.55. The maximum absolute atomic E-state index is 11.4. The third-order valence-corrected chi connectivity index (χ3v) is 2.63. The Morgan fingerprint density at radius 1 is 1.47 bits per heavy atom. The maximum Gasteiger partial charge on any atom is 0.246 e. The summed E-state index contributed by atoms with van der Waals surface area (Å²) in [5.41, 5.74) is 0. The minimum absolute atomic E-state index is 0.0227. The lowest BCUT2D eigenvalue weighted by Crippen LogP contribution is -2.36. The lowest BCUT2D eigenvalue weighted by atomic mass is 10.2. The van der Waals surface area contributed by atoms with Crippen LogP contribution in [0.15, 0.2) is 0 Å². The molecular formula is C11H21NO3. The topological polar surface area (TPSA) is 47.6 Å². The summed E-state index contributed by atoms with van der Waals surface area (Å²) < 4.78 is 10.5.